The van der Waals surface area contributed by atoms with Gasteiger partial charge >= 0.3 is 17.9 Å². The Bertz CT molecular complexity index is 672. The molecular formula is C23H39NO6S. The Kier molecular flexibility index (Phi) is 8.85. The van der Waals surface area contributed by atoms with Crippen molar-refractivity contribution in [1.29, 1.82) is 0 Å². The highest BCUT2D eigenvalue weighted by molar-refractivity contribution is 7.99. The van der Waals surface area contributed by atoms with E-state index < -0.39 is 10.8 Å². The van der Waals surface area contributed by atoms with Crippen LogP contribution in [0.15, 0.2) is 0 Å². The SMILES string of the molecule is CCOC(=O)C1(CC2(C)CC2(CC(C)SCCC(=O)OC)C(=O)OCCN)CC1CC. The molecule has 0 radical (unpaired) electrons. The second-order valence-electron chi connectivity index (χ2n) is 9.32. The van der Waals surface area contributed by atoms with Crippen molar-refractivity contribution in [1.82, 2.24) is 0 Å². The molecule has 178 valence electrons. The first-order valence-electron chi connectivity index (χ1n) is 11.4. The van der Waals surface area contributed by atoms with Gasteiger partial charge in [-0.05, 0) is 43.9 Å². The van der Waals surface area contributed by atoms with E-state index in [4.69, 9.17) is 19.9 Å². The van der Waals surface area contributed by atoms with Crippen molar-refractivity contribution in [2.24, 2.45) is 27.9 Å². The van der Waals surface area contributed by atoms with Crippen molar-refractivity contribution in [3.05, 3.63) is 0 Å². The van der Waals surface area contributed by atoms with Gasteiger partial charge in [0, 0.05) is 17.5 Å². The van der Waals surface area contributed by atoms with Gasteiger partial charge in [-0.3, -0.25) is 14.4 Å². The first-order chi connectivity index (χ1) is 14.6. The topological polar surface area (TPSA) is 105 Å². The fourth-order valence-electron chi connectivity index (χ4n) is 5.28. The highest BCUT2D eigenvalue weighted by Crippen LogP contribution is 2.75. The Morgan fingerprint density at radius 1 is 1.19 bits per heavy atom. The van der Waals surface area contributed by atoms with E-state index in [0.717, 1.165) is 12.8 Å². The fourth-order valence-corrected chi connectivity index (χ4v) is 6.37. The minimum absolute atomic E-state index is 0.125. The molecule has 2 aliphatic carbocycles. The average molecular weight is 458 g/mol. The zero-order chi connectivity index (χ0) is 23.3. The summed E-state index contributed by atoms with van der Waals surface area (Å²) in [4.78, 5) is 37.3. The maximum atomic E-state index is 13.1. The zero-order valence-electron chi connectivity index (χ0n) is 19.7. The van der Waals surface area contributed by atoms with Crippen LogP contribution in [0.2, 0.25) is 0 Å². The van der Waals surface area contributed by atoms with E-state index in [0.29, 0.717) is 44.0 Å². The van der Waals surface area contributed by atoms with Gasteiger partial charge < -0.3 is 19.9 Å². The molecule has 0 amide bonds. The largest absolute Gasteiger partial charge is 0.469 e. The monoisotopic (exact) mass is 457 g/mol. The summed E-state index contributed by atoms with van der Waals surface area (Å²) in [7, 11) is 1.38. The third-order valence-corrected chi connectivity index (χ3v) is 8.32. The molecule has 31 heavy (non-hydrogen) atoms. The summed E-state index contributed by atoms with van der Waals surface area (Å²) in [5.41, 5.74) is 4.14. The number of ether oxygens (including phenoxy) is 3. The summed E-state index contributed by atoms with van der Waals surface area (Å²) in [6.07, 6.45) is 4.10. The first-order valence-corrected chi connectivity index (χ1v) is 12.4. The van der Waals surface area contributed by atoms with E-state index in [9.17, 15) is 14.4 Å². The maximum Gasteiger partial charge on any atom is 0.312 e. The van der Waals surface area contributed by atoms with Crippen LogP contribution in [0.5, 0.6) is 0 Å². The van der Waals surface area contributed by atoms with Crippen LogP contribution in [-0.2, 0) is 28.6 Å². The van der Waals surface area contributed by atoms with E-state index >= 15 is 0 Å². The number of hydrogen-bond donors (Lipinski definition) is 1. The Balaban J connectivity index is 2.13. The molecule has 7 nitrogen and oxygen atoms in total. The molecule has 0 spiro atoms. The second-order valence-corrected chi connectivity index (χ2v) is 10.9. The van der Waals surface area contributed by atoms with E-state index in [-0.39, 0.29) is 41.7 Å². The predicted octanol–water partition coefficient (Wildman–Crippen LogP) is 3.33. The van der Waals surface area contributed by atoms with Gasteiger partial charge in [0.15, 0.2) is 0 Å². The zero-order valence-corrected chi connectivity index (χ0v) is 20.5. The Morgan fingerprint density at radius 3 is 2.45 bits per heavy atom. The summed E-state index contributed by atoms with van der Waals surface area (Å²) in [5.74, 6) is 0.383. The molecule has 0 bridgehead atoms. The van der Waals surface area contributed by atoms with Gasteiger partial charge in [-0.15, -0.1) is 0 Å². The summed E-state index contributed by atoms with van der Waals surface area (Å²) >= 11 is 1.66. The number of rotatable bonds is 14. The molecule has 5 unspecified atom stereocenters. The van der Waals surface area contributed by atoms with Gasteiger partial charge in [-0.1, -0.05) is 27.2 Å². The van der Waals surface area contributed by atoms with Gasteiger partial charge in [0.05, 0.1) is 31.0 Å². The van der Waals surface area contributed by atoms with Crippen LogP contribution in [0.25, 0.3) is 0 Å². The van der Waals surface area contributed by atoms with Crippen LogP contribution in [0.4, 0.5) is 0 Å². The fraction of sp³-hybridized carbons (Fsp3) is 0.870. The molecule has 0 saturated heterocycles. The van der Waals surface area contributed by atoms with Crippen molar-refractivity contribution in [3.8, 4) is 0 Å². The molecule has 0 aliphatic heterocycles. The molecule has 2 N–H and O–H groups in total. The van der Waals surface area contributed by atoms with E-state index in [1.54, 1.807) is 11.8 Å². The number of esters is 3. The number of methoxy groups -OCH3 is 1. The predicted molar refractivity (Wildman–Crippen MR) is 120 cm³/mol. The molecule has 0 aromatic rings. The lowest BCUT2D eigenvalue weighted by molar-refractivity contribution is -0.155. The molecule has 2 fully saturated rings. The summed E-state index contributed by atoms with van der Waals surface area (Å²) in [6, 6.07) is 0. The summed E-state index contributed by atoms with van der Waals surface area (Å²) < 4.78 is 15.6. The standard InChI is InChI=1S/C23H39NO6S/c1-6-17-13-22(17,19(26)29-7-2)14-21(4)15-23(21,20(27)30-10-9-24)12-16(3)31-11-8-18(25)28-5/h16-17H,6-15,24H2,1-5H3. The van der Waals surface area contributed by atoms with Crippen LogP contribution in [-0.4, -0.2) is 55.8 Å². The summed E-state index contributed by atoms with van der Waals surface area (Å²) in [5, 5.41) is 0.164. The number of thioether (sulfide) groups is 1. The van der Waals surface area contributed by atoms with Crippen molar-refractivity contribution in [3.63, 3.8) is 0 Å². The van der Waals surface area contributed by atoms with Crippen LogP contribution >= 0.6 is 11.8 Å². The number of hydrogen-bond acceptors (Lipinski definition) is 8. The molecule has 2 rings (SSSR count). The molecule has 5 atom stereocenters. The van der Waals surface area contributed by atoms with Gasteiger partial charge in [-0.2, -0.15) is 11.8 Å². The molecule has 0 heterocycles. The van der Waals surface area contributed by atoms with E-state index in [1.807, 2.05) is 6.92 Å². The average Bonchev–Trinajstić information content (AvgIpc) is 3.59. The van der Waals surface area contributed by atoms with Crippen LogP contribution < -0.4 is 5.73 Å². The van der Waals surface area contributed by atoms with Crippen molar-refractivity contribution in [2.75, 3.05) is 32.6 Å². The maximum absolute atomic E-state index is 13.1. The van der Waals surface area contributed by atoms with Crippen molar-refractivity contribution >= 4 is 29.7 Å². The summed E-state index contributed by atoms with van der Waals surface area (Å²) in [6.45, 7) is 8.96. The Hall–Kier alpha value is -1.28. The number of carbonyl (C=O) groups excluding carboxylic acids is 3. The molecule has 2 saturated carbocycles. The van der Waals surface area contributed by atoms with Gasteiger partial charge in [0.1, 0.15) is 6.61 Å². The van der Waals surface area contributed by atoms with Crippen LogP contribution in [0.3, 0.4) is 0 Å². The minimum atomic E-state index is -0.625. The van der Waals surface area contributed by atoms with Crippen molar-refractivity contribution < 1.29 is 28.6 Å². The molecule has 0 aromatic carbocycles. The smallest absolute Gasteiger partial charge is 0.312 e. The lowest BCUT2D eigenvalue weighted by Crippen LogP contribution is -2.32. The molecule has 8 heteroatoms. The molecule has 2 aliphatic rings. The third-order valence-electron chi connectivity index (χ3n) is 7.15. The van der Waals surface area contributed by atoms with Crippen LogP contribution in [0.1, 0.15) is 66.2 Å². The first kappa shape index (κ1) is 26.0. The van der Waals surface area contributed by atoms with Crippen molar-refractivity contribution in [2.45, 2.75) is 71.5 Å². The quantitative estimate of drug-likeness (QED) is 0.313. The van der Waals surface area contributed by atoms with E-state index in [1.165, 1.54) is 7.11 Å². The lowest BCUT2D eigenvalue weighted by Gasteiger charge is -2.27. The Morgan fingerprint density at radius 2 is 1.90 bits per heavy atom. The van der Waals surface area contributed by atoms with Gasteiger partial charge in [0.25, 0.3) is 0 Å². The minimum Gasteiger partial charge on any atom is -0.469 e. The van der Waals surface area contributed by atoms with Crippen LogP contribution in [0, 0.1) is 22.2 Å². The second kappa shape index (κ2) is 10.6. The van der Waals surface area contributed by atoms with E-state index in [2.05, 4.69) is 20.8 Å². The van der Waals surface area contributed by atoms with Gasteiger partial charge in [0.2, 0.25) is 0 Å². The lowest BCUT2D eigenvalue weighted by atomic mass is 9.80. The normalized spacial score (nSPS) is 32.1. The highest BCUT2D eigenvalue weighted by atomic mass is 32.2. The molecule has 0 aromatic heterocycles. The highest BCUT2D eigenvalue weighted by Gasteiger charge is 2.75. The molecular weight excluding hydrogens is 418 g/mol. The third kappa shape index (κ3) is 5.56. The van der Waals surface area contributed by atoms with Gasteiger partial charge in [-0.25, -0.2) is 0 Å². The Labute approximate surface area is 190 Å². The number of nitrogens with two attached hydrogens (primary N) is 1. The number of carbonyl (C=O) groups is 3.